The van der Waals surface area contributed by atoms with E-state index in [0.29, 0.717) is 0 Å². The van der Waals surface area contributed by atoms with Crippen molar-refractivity contribution in [1.29, 1.82) is 0 Å². The predicted octanol–water partition coefficient (Wildman–Crippen LogP) is -0.651. The highest BCUT2D eigenvalue weighted by Gasteiger charge is 2.28. The zero-order valence-corrected chi connectivity index (χ0v) is 7.65. The van der Waals surface area contributed by atoms with Crippen LogP contribution in [-0.2, 0) is 4.79 Å². The monoisotopic (exact) mass is 234 g/mol. The average Bonchev–Trinajstić information content (AvgIpc) is 2.18. The van der Waals surface area contributed by atoms with Gasteiger partial charge in [-0.05, 0) is 5.56 Å². The molecule has 0 bridgehead atoms. The van der Waals surface area contributed by atoms with Crippen LogP contribution in [0.5, 0.6) is 0 Å². The standard InChI is InChI=1S/C7H6O2.C2HF3O2/c8-7(9)6-4-2-1-3-5-6;3-2(4,5)1(6)7/h1-5H,(H,8,9);(H,6,7)/p-2. The van der Waals surface area contributed by atoms with Crippen LogP contribution in [0.4, 0.5) is 13.2 Å². The van der Waals surface area contributed by atoms with Crippen molar-refractivity contribution in [3.8, 4) is 0 Å². The second kappa shape index (κ2) is 5.74. The number of carbonyl (C=O) groups is 2. The summed E-state index contributed by atoms with van der Waals surface area (Å²) in [5.74, 6) is -4.14. The normalized spacial score (nSPS) is 9.94. The molecule has 0 aliphatic rings. The molecule has 0 atom stereocenters. The van der Waals surface area contributed by atoms with Crippen LogP contribution in [0.1, 0.15) is 10.4 Å². The molecule has 1 rings (SSSR count). The van der Waals surface area contributed by atoms with Gasteiger partial charge in [0.05, 0.1) is 5.97 Å². The molecule has 0 aliphatic heterocycles. The van der Waals surface area contributed by atoms with Crippen molar-refractivity contribution in [1.82, 2.24) is 0 Å². The van der Waals surface area contributed by atoms with Crippen molar-refractivity contribution in [3.63, 3.8) is 0 Å². The lowest BCUT2D eigenvalue weighted by Crippen LogP contribution is -2.37. The van der Waals surface area contributed by atoms with Crippen LogP contribution in [-0.4, -0.2) is 18.1 Å². The smallest absolute Gasteiger partial charge is 0.430 e. The van der Waals surface area contributed by atoms with Crippen molar-refractivity contribution in [2.75, 3.05) is 0 Å². The van der Waals surface area contributed by atoms with E-state index in [2.05, 4.69) is 0 Å². The molecule has 0 saturated heterocycles. The number of carboxylic acid groups (broad SMARTS) is 2. The first kappa shape index (κ1) is 13.9. The lowest BCUT2D eigenvalue weighted by Gasteiger charge is -2.03. The van der Waals surface area contributed by atoms with E-state index in [0.717, 1.165) is 0 Å². The Balaban J connectivity index is 0.000000293. The van der Waals surface area contributed by atoms with E-state index in [1.165, 1.54) is 12.1 Å². The molecule has 0 aliphatic carbocycles. The number of benzene rings is 1. The Hall–Kier alpha value is -2.05. The molecular formula is C9H5F3O4-2. The van der Waals surface area contributed by atoms with E-state index in [4.69, 9.17) is 9.90 Å². The average molecular weight is 234 g/mol. The van der Waals surface area contributed by atoms with E-state index in [1.54, 1.807) is 18.2 Å². The fourth-order valence-corrected chi connectivity index (χ4v) is 0.574. The van der Waals surface area contributed by atoms with Crippen molar-refractivity contribution in [2.45, 2.75) is 6.18 Å². The number of aromatic carboxylic acids is 1. The molecule has 4 nitrogen and oxygen atoms in total. The summed E-state index contributed by atoms with van der Waals surface area (Å²) in [5.41, 5.74) is 0.220. The first-order chi connectivity index (χ1) is 7.25. The summed E-state index contributed by atoms with van der Waals surface area (Å²) in [5, 5.41) is 18.9. The van der Waals surface area contributed by atoms with Crippen LogP contribution in [0.15, 0.2) is 30.3 Å². The van der Waals surface area contributed by atoms with E-state index in [-0.39, 0.29) is 5.56 Å². The van der Waals surface area contributed by atoms with Crippen LogP contribution in [0.3, 0.4) is 0 Å². The highest BCUT2D eigenvalue weighted by molar-refractivity contribution is 5.85. The van der Waals surface area contributed by atoms with Crippen molar-refractivity contribution >= 4 is 11.9 Å². The Labute approximate surface area is 87.9 Å². The van der Waals surface area contributed by atoms with Gasteiger partial charge >= 0.3 is 6.18 Å². The predicted molar refractivity (Wildman–Crippen MR) is 41.8 cm³/mol. The number of rotatable bonds is 1. The summed E-state index contributed by atoms with van der Waals surface area (Å²) >= 11 is 0. The van der Waals surface area contributed by atoms with Gasteiger partial charge in [-0.15, -0.1) is 0 Å². The molecule has 1 aromatic carbocycles. The van der Waals surface area contributed by atoms with Crippen LogP contribution in [0.2, 0.25) is 0 Å². The number of halogens is 3. The molecule has 16 heavy (non-hydrogen) atoms. The quantitative estimate of drug-likeness (QED) is 0.646. The molecule has 0 N–H and O–H groups in total. The minimum Gasteiger partial charge on any atom is -0.545 e. The lowest BCUT2D eigenvalue weighted by atomic mass is 10.2. The Morgan fingerprint density at radius 3 is 1.56 bits per heavy atom. The molecule has 7 heteroatoms. The number of alkyl halides is 3. The SMILES string of the molecule is O=C([O-])C(F)(F)F.O=C([O-])c1ccccc1. The summed E-state index contributed by atoms with van der Waals surface area (Å²) < 4.78 is 31.5. The van der Waals surface area contributed by atoms with Crippen LogP contribution in [0, 0.1) is 0 Å². The van der Waals surface area contributed by atoms with E-state index >= 15 is 0 Å². The topological polar surface area (TPSA) is 80.3 Å². The Kier molecular flexibility index (Phi) is 5.00. The van der Waals surface area contributed by atoms with Crippen molar-refractivity contribution < 1.29 is 33.0 Å². The maximum Gasteiger partial charge on any atom is 0.430 e. The molecule has 1 aromatic rings. The van der Waals surface area contributed by atoms with Gasteiger partial charge in [0.1, 0.15) is 5.97 Å². The number of carbonyl (C=O) groups excluding carboxylic acids is 2. The van der Waals surface area contributed by atoms with Gasteiger partial charge in [0, 0.05) is 0 Å². The maximum atomic E-state index is 10.5. The molecule has 0 radical (unpaired) electrons. The minimum atomic E-state index is -5.19. The zero-order chi connectivity index (χ0) is 12.8. The molecule has 0 heterocycles. The minimum absolute atomic E-state index is 0.220. The molecule has 0 amide bonds. The molecule has 88 valence electrons. The van der Waals surface area contributed by atoms with E-state index < -0.39 is 18.1 Å². The molecule has 0 spiro atoms. The summed E-state index contributed by atoms with van der Waals surface area (Å²) in [7, 11) is 0. The Morgan fingerprint density at radius 2 is 1.38 bits per heavy atom. The third-order valence-electron chi connectivity index (χ3n) is 1.24. The summed E-state index contributed by atoms with van der Waals surface area (Å²) in [6.45, 7) is 0. The molecule has 0 saturated carbocycles. The van der Waals surface area contributed by atoms with Gasteiger partial charge in [-0.1, -0.05) is 30.3 Å². The van der Waals surface area contributed by atoms with Gasteiger partial charge in [0.25, 0.3) is 0 Å². The zero-order valence-electron chi connectivity index (χ0n) is 7.65. The van der Waals surface area contributed by atoms with Crippen LogP contribution in [0.25, 0.3) is 0 Å². The van der Waals surface area contributed by atoms with Crippen LogP contribution < -0.4 is 10.2 Å². The summed E-state index contributed by atoms with van der Waals surface area (Å²) in [6.07, 6.45) is -5.19. The molecular weight excluding hydrogens is 229 g/mol. The highest BCUT2D eigenvalue weighted by Crippen LogP contribution is 2.11. The van der Waals surface area contributed by atoms with Gasteiger partial charge in [-0.2, -0.15) is 13.2 Å². The second-order valence-corrected chi connectivity index (χ2v) is 2.44. The fraction of sp³-hybridized carbons (Fsp3) is 0.111. The highest BCUT2D eigenvalue weighted by atomic mass is 19.4. The van der Waals surface area contributed by atoms with Crippen molar-refractivity contribution in [2.24, 2.45) is 0 Å². The van der Waals surface area contributed by atoms with Gasteiger partial charge in [-0.3, -0.25) is 0 Å². The van der Waals surface area contributed by atoms with Gasteiger partial charge < -0.3 is 19.8 Å². The van der Waals surface area contributed by atoms with Gasteiger partial charge in [0.15, 0.2) is 0 Å². The number of aliphatic carboxylic acids is 1. The maximum absolute atomic E-state index is 10.5. The molecule has 0 aromatic heterocycles. The largest absolute Gasteiger partial charge is 0.545 e. The van der Waals surface area contributed by atoms with Gasteiger partial charge in [-0.25, -0.2) is 0 Å². The van der Waals surface area contributed by atoms with Gasteiger partial charge in [0.2, 0.25) is 0 Å². The third-order valence-corrected chi connectivity index (χ3v) is 1.24. The van der Waals surface area contributed by atoms with Crippen LogP contribution >= 0.6 is 0 Å². The number of carboxylic acids is 2. The van der Waals surface area contributed by atoms with E-state index in [1.807, 2.05) is 0 Å². The number of hydrogen-bond acceptors (Lipinski definition) is 4. The third kappa shape index (κ3) is 5.63. The summed E-state index contributed by atoms with van der Waals surface area (Å²) in [4.78, 5) is 18.9. The Morgan fingerprint density at radius 1 is 1.00 bits per heavy atom. The molecule has 0 fully saturated rings. The van der Waals surface area contributed by atoms with E-state index in [9.17, 15) is 23.1 Å². The fourth-order valence-electron chi connectivity index (χ4n) is 0.574. The lowest BCUT2D eigenvalue weighted by molar-refractivity contribution is -0.344. The molecule has 0 unspecified atom stereocenters. The first-order valence-electron chi connectivity index (χ1n) is 3.79. The first-order valence-corrected chi connectivity index (χ1v) is 3.79. The second-order valence-electron chi connectivity index (χ2n) is 2.44. The van der Waals surface area contributed by atoms with Crippen molar-refractivity contribution in [3.05, 3.63) is 35.9 Å². The Bertz CT molecular complexity index is 359. The number of hydrogen-bond donors (Lipinski definition) is 0. The summed E-state index contributed by atoms with van der Waals surface area (Å²) in [6, 6.07) is 8.06.